The van der Waals surface area contributed by atoms with Crippen LogP contribution in [0.25, 0.3) is 10.9 Å². The lowest BCUT2D eigenvalue weighted by Gasteiger charge is -2.30. The van der Waals surface area contributed by atoms with Crippen LogP contribution in [0.5, 0.6) is 0 Å². The third-order valence-electron chi connectivity index (χ3n) is 5.93. The molecule has 1 saturated carbocycles. The highest BCUT2D eigenvalue weighted by molar-refractivity contribution is 6.33. The molecule has 0 spiro atoms. The number of H-pyrrole nitrogens is 1. The van der Waals surface area contributed by atoms with Crippen LogP contribution in [0.15, 0.2) is 41.5 Å². The number of anilines is 2. The molecule has 36 heavy (non-hydrogen) atoms. The fourth-order valence-corrected chi connectivity index (χ4v) is 4.34. The molecule has 0 saturated heterocycles. The molecule has 2 aromatic carbocycles. The van der Waals surface area contributed by atoms with Crippen molar-refractivity contribution in [2.24, 2.45) is 0 Å². The molecule has 0 unspecified atom stereocenters. The molecule has 190 valence electrons. The largest absolute Gasteiger partial charge is 0.416 e. The number of aromatic nitrogens is 2. The molecule has 0 aliphatic heterocycles. The van der Waals surface area contributed by atoms with Crippen LogP contribution in [-0.4, -0.2) is 33.0 Å². The maximum absolute atomic E-state index is 12.9. The zero-order chi connectivity index (χ0) is 26.0. The van der Waals surface area contributed by atoms with Crippen LogP contribution in [0.1, 0.15) is 31.2 Å². The van der Waals surface area contributed by atoms with Gasteiger partial charge in [0.15, 0.2) is 5.52 Å². The molecule has 1 aromatic heterocycles. The second-order valence-electron chi connectivity index (χ2n) is 8.33. The van der Waals surface area contributed by atoms with Gasteiger partial charge in [0.25, 0.3) is 11.2 Å². The summed E-state index contributed by atoms with van der Waals surface area (Å²) in [6.07, 6.45) is -1.14. The standard InChI is InChI=1S/C22H20ClF3N6O4/c23-14-6-1-11(22(24,25)26)9-16(14)31-21(34)30-13-4-2-12(3-5-13)29-15-7-8-17(32(35)36)19-18(15)20(33)28-10-27-19/h1,6-10,12-13,29H,2-5H2,(H,27,28,33)(H2,30,31,34). The van der Waals surface area contributed by atoms with E-state index in [4.69, 9.17) is 11.6 Å². The highest BCUT2D eigenvalue weighted by atomic mass is 35.5. The molecular formula is C22H20ClF3N6O4. The summed E-state index contributed by atoms with van der Waals surface area (Å²) in [5.74, 6) is 0. The molecular weight excluding hydrogens is 505 g/mol. The molecule has 0 radical (unpaired) electrons. The van der Waals surface area contributed by atoms with E-state index in [1.54, 1.807) is 0 Å². The molecule has 1 aliphatic rings. The monoisotopic (exact) mass is 524 g/mol. The Morgan fingerprint density at radius 2 is 1.81 bits per heavy atom. The summed E-state index contributed by atoms with van der Waals surface area (Å²) in [5.41, 5.74) is -1.47. The van der Waals surface area contributed by atoms with E-state index in [-0.39, 0.29) is 39.4 Å². The number of hydrogen-bond donors (Lipinski definition) is 4. The maximum atomic E-state index is 12.9. The smallest absolute Gasteiger partial charge is 0.382 e. The predicted octanol–water partition coefficient (Wildman–Crippen LogP) is 5.05. The summed E-state index contributed by atoms with van der Waals surface area (Å²) < 4.78 is 38.8. The van der Waals surface area contributed by atoms with Gasteiger partial charge in [0.2, 0.25) is 0 Å². The van der Waals surface area contributed by atoms with Crippen molar-refractivity contribution in [3.05, 3.63) is 67.7 Å². The van der Waals surface area contributed by atoms with Gasteiger partial charge in [-0.3, -0.25) is 14.9 Å². The molecule has 14 heteroatoms. The minimum Gasteiger partial charge on any atom is -0.382 e. The Morgan fingerprint density at radius 3 is 2.47 bits per heavy atom. The summed E-state index contributed by atoms with van der Waals surface area (Å²) in [5, 5.41) is 19.7. The summed E-state index contributed by atoms with van der Waals surface area (Å²) in [7, 11) is 0. The molecule has 1 heterocycles. The fourth-order valence-electron chi connectivity index (χ4n) is 4.18. The first-order valence-electron chi connectivity index (χ1n) is 10.9. The first-order valence-corrected chi connectivity index (χ1v) is 11.3. The van der Waals surface area contributed by atoms with Crippen LogP contribution in [0.4, 0.5) is 35.0 Å². The number of amides is 2. The average Bonchev–Trinajstić information content (AvgIpc) is 2.81. The number of carbonyl (C=O) groups is 1. The van der Waals surface area contributed by atoms with Crippen molar-refractivity contribution in [2.45, 2.75) is 43.9 Å². The molecule has 4 N–H and O–H groups in total. The van der Waals surface area contributed by atoms with Gasteiger partial charge in [-0.25, -0.2) is 9.78 Å². The van der Waals surface area contributed by atoms with E-state index in [0.717, 1.165) is 24.5 Å². The van der Waals surface area contributed by atoms with Crippen molar-refractivity contribution in [1.29, 1.82) is 0 Å². The summed E-state index contributed by atoms with van der Waals surface area (Å²) in [4.78, 5) is 41.8. The number of carbonyl (C=O) groups excluding carboxylic acids is 1. The van der Waals surface area contributed by atoms with Crippen molar-refractivity contribution in [3.63, 3.8) is 0 Å². The third-order valence-corrected chi connectivity index (χ3v) is 6.26. The van der Waals surface area contributed by atoms with E-state index in [1.807, 2.05) is 0 Å². The van der Waals surface area contributed by atoms with Crippen LogP contribution in [0, 0.1) is 10.1 Å². The molecule has 10 nitrogen and oxygen atoms in total. The van der Waals surface area contributed by atoms with Crippen molar-refractivity contribution in [1.82, 2.24) is 15.3 Å². The first kappa shape index (κ1) is 25.2. The highest BCUT2D eigenvalue weighted by Gasteiger charge is 2.31. The van der Waals surface area contributed by atoms with E-state index < -0.39 is 28.3 Å². The zero-order valence-electron chi connectivity index (χ0n) is 18.5. The van der Waals surface area contributed by atoms with Crippen molar-refractivity contribution in [2.75, 3.05) is 10.6 Å². The van der Waals surface area contributed by atoms with Gasteiger partial charge in [0, 0.05) is 23.8 Å². The summed E-state index contributed by atoms with van der Waals surface area (Å²) in [6, 6.07) is 4.44. The second kappa shape index (κ2) is 10.0. The maximum Gasteiger partial charge on any atom is 0.416 e. The summed E-state index contributed by atoms with van der Waals surface area (Å²) >= 11 is 5.92. The number of halogens is 4. The number of non-ortho nitro benzene ring substituents is 1. The van der Waals surface area contributed by atoms with Crippen LogP contribution >= 0.6 is 11.6 Å². The topological polar surface area (TPSA) is 142 Å². The Morgan fingerprint density at radius 1 is 1.11 bits per heavy atom. The van der Waals surface area contributed by atoms with Crippen molar-refractivity contribution < 1.29 is 22.9 Å². The molecule has 4 rings (SSSR count). The minimum absolute atomic E-state index is 0.0194. The highest BCUT2D eigenvalue weighted by Crippen LogP contribution is 2.34. The Balaban J connectivity index is 1.37. The molecule has 3 aromatic rings. The van der Waals surface area contributed by atoms with E-state index in [1.165, 1.54) is 12.1 Å². The quantitative estimate of drug-likeness (QED) is 0.272. The fraction of sp³-hybridized carbons (Fsp3) is 0.318. The lowest BCUT2D eigenvalue weighted by atomic mass is 9.91. The number of fused-ring (bicyclic) bond motifs is 1. The van der Waals surface area contributed by atoms with Gasteiger partial charge < -0.3 is 20.9 Å². The van der Waals surface area contributed by atoms with Gasteiger partial charge in [0.05, 0.1) is 32.9 Å². The number of aromatic amines is 1. The predicted molar refractivity (Wildman–Crippen MR) is 127 cm³/mol. The van der Waals surface area contributed by atoms with Gasteiger partial charge in [0.1, 0.15) is 0 Å². The van der Waals surface area contributed by atoms with Crippen LogP contribution in [-0.2, 0) is 6.18 Å². The lowest BCUT2D eigenvalue weighted by molar-refractivity contribution is -0.383. The van der Waals surface area contributed by atoms with Gasteiger partial charge in [-0.15, -0.1) is 0 Å². The number of alkyl halides is 3. The minimum atomic E-state index is -4.57. The normalized spacial score (nSPS) is 18.0. The number of nitrogens with zero attached hydrogens (tertiary/aromatic N) is 2. The molecule has 0 atom stereocenters. The SMILES string of the molecule is O=C(Nc1cc(C(F)(F)F)ccc1Cl)NC1CCC(Nc2ccc([N+](=O)[O-])c3nc[nH]c(=O)c23)CC1. The van der Waals surface area contributed by atoms with E-state index in [9.17, 15) is 32.9 Å². The molecule has 2 amide bonds. The van der Waals surface area contributed by atoms with Gasteiger partial charge in [-0.05, 0) is 49.9 Å². The third kappa shape index (κ3) is 5.51. The Kier molecular flexibility index (Phi) is 7.02. The van der Waals surface area contributed by atoms with Gasteiger partial charge in [-0.1, -0.05) is 11.6 Å². The number of nitro benzene ring substituents is 1. The zero-order valence-corrected chi connectivity index (χ0v) is 19.2. The number of hydrogen-bond acceptors (Lipinski definition) is 6. The number of nitrogens with one attached hydrogen (secondary N) is 4. The van der Waals surface area contributed by atoms with E-state index in [0.29, 0.717) is 31.4 Å². The Bertz CT molecular complexity index is 1370. The Labute approximate surface area is 206 Å². The number of rotatable bonds is 5. The number of nitro groups is 1. The second-order valence-corrected chi connectivity index (χ2v) is 8.74. The van der Waals surface area contributed by atoms with E-state index >= 15 is 0 Å². The van der Waals surface area contributed by atoms with E-state index in [2.05, 4.69) is 25.9 Å². The number of urea groups is 1. The summed E-state index contributed by atoms with van der Waals surface area (Å²) in [6.45, 7) is 0. The number of benzene rings is 2. The average molecular weight is 525 g/mol. The molecule has 1 fully saturated rings. The molecule has 1 aliphatic carbocycles. The first-order chi connectivity index (χ1) is 17.0. The van der Waals surface area contributed by atoms with Crippen LogP contribution in [0.3, 0.4) is 0 Å². The lowest BCUT2D eigenvalue weighted by Crippen LogP contribution is -2.42. The van der Waals surface area contributed by atoms with Gasteiger partial charge >= 0.3 is 12.2 Å². The van der Waals surface area contributed by atoms with Gasteiger partial charge in [-0.2, -0.15) is 13.2 Å². The van der Waals surface area contributed by atoms with Crippen LogP contribution < -0.4 is 21.5 Å². The van der Waals surface area contributed by atoms with Crippen molar-refractivity contribution in [3.8, 4) is 0 Å². The Hall–Kier alpha value is -3.87. The van der Waals surface area contributed by atoms with Crippen molar-refractivity contribution >= 4 is 45.6 Å². The van der Waals surface area contributed by atoms with Crippen LogP contribution in [0.2, 0.25) is 5.02 Å². The molecule has 0 bridgehead atoms.